The molecule has 3 rings (SSSR count). The Kier molecular flexibility index (Phi) is 4.15. The molecule has 2 fully saturated rings. The molecule has 114 valence electrons. The van der Waals surface area contributed by atoms with Crippen LogP contribution in [0.15, 0.2) is 24.3 Å². The molecule has 0 radical (unpaired) electrons. The molecule has 4 N–H and O–H groups in total. The predicted octanol–water partition coefficient (Wildman–Crippen LogP) is 3.09. The molecule has 21 heavy (non-hydrogen) atoms. The number of nitrogens with two attached hydrogens (primary N) is 1. The molecule has 2 bridgehead atoms. The van der Waals surface area contributed by atoms with Crippen molar-refractivity contribution in [2.45, 2.75) is 45.2 Å². The molecule has 0 heterocycles. The number of amides is 2. The Bertz CT molecular complexity index is 517. The summed E-state index contributed by atoms with van der Waals surface area (Å²) in [6, 6.07) is 7.82. The van der Waals surface area contributed by atoms with Gasteiger partial charge in [0.15, 0.2) is 0 Å². The van der Waals surface area contributed by atoms with Gasteiger partial charge in [-0.3, -0.25) is 0 Å². The second-order valence-electron chi connectivity index (χ2n) is 6.63. The van der Waals surface area contributed by atoms with Gasteiger partial charge in [0.05, 0.1) is 0 Å². The van der Waals surface area contributed by atoms with E-state index in [0.717, 1.165) is 23.1 Å². The molecule has 0 aliphatic heterocycles. The third-order valence-electron chi connectivity index (χ3n) is 5.21. The quantitative estimate of drug-likeness (QED) is 0.796. The van der Waals surface area contributed by atoms with Gasteiger partial charge in [0.25, 0.3) is 0 Å². The standard InChI is InChI=1S/C17H25N3O/c1-11(16-9-12-5-6-14(16)7-12)19-17(21)20-15-4-2-3-13(8-15)10-18/h2-4,8,11-12,14,16H,5-7,9-10,18H2,1H3,(H2,19,20,21). The molecule has 1 aromatic rings. The van der Waals surface area contributed by atoms with Gasteiger partial charge in [0.1, 0.15) is 0 Å². The van der Waals surface area contributed by atoms with Gasteiger partial charge < -0.3 is 16.4 Å². The summed E-state index contributed by atoms with van der Waals surface area (Å²) in [5, 5.41) is 6.02. The molecule has 4 atom stereocenters. The maximum absolute atomic E-state index is 12.1. The Balaban J connectivity index is 1.53. The molecule has 4 unspecified atom stereocenters. The fourth-order valence-corrected chi connectivity index (χ4v) is 4.16. The molecular weight excluding hydrogens is 262 g/mol. The molecule has 2 amide bonds. The Morgan fingerprint density at radius 2 is 2.24 bits per heavy atom. The summed E-state index contributed by atoms with van der Waals surface area (Å²) in [7, 11) is 0. The number of benzene rings is 1. The molecule has 2 aliphatic carbocycles. The van der Waals surface area contributed by atoms with Crippen LogP contribution >= 0.6 is 0 Å². The molecule has 4 nitrogen and oxygen atoms in total. The molecular formula is C17H25N3O. The molecule has 4 heteroatoms. The van der Waals surface area contributed by atoms with Crippen molar-refractivity contribution in [3.05, 3.63) is 29.8 Å². The fourth-order valence-electron chi connectivity index (χ4n) is 4.16. The van der Waals surface area contributed by atoms with Gasteiger partial charge in [-0.1, -0.05) is 18.6 Å². The smallest absolute Gasteiger partial charge is 0.319 e. The summed E-state index contributed by atoms with van der Waals surface area (Å²) in [6.07, 6.45) is 5.40. The number of fused-ring (bicyclic) bond motifs is 2. The van der Waals surface area contributed by atoms with Crippen LogP contribution in [0.25, 0.3) is 0 Å². The molecule has 1 aromatic carbocycles. The van der Waals surface area contributed by atoms with Crippen molar-refractivity contribution in [3.63, 3.8) is 0 Å². The summed E-state index contributed by atoms with van der Waals surface area (Å²) in [6.45, 7) is 2.62. The minimum absolute atomic E-state index is 0.112. The Hall–Kier alpha value is -1.55. The molecule has 2 aliphatic rings. The van der Waals surface area contributed by atoms with Gasteiger partial charge in [-0.05, 0) is 61.6 Å². The van der Waals surface area contributed by atoms with E-state index in [0.29, 0.717) is 12.5 Å². The zero-order chi connectivity index (χ0) is 14.8. The first-order chi connectivity index (χ1) is 10.2. The van der Waals surface area contributed by atoms with Crippen LogP contribution in [-0.4, -0.2) is 12.1 Å². The van der Waals surface area contributed by atoms with E-state index in [-0.39, 0.29) is 12.1 Å². The van der Waals surface area contributed by atoms with E-state index >= 15 is 0 Å². The van der Waals surface area contributed by atoms with E-state index in [9.17, 15) is 4.79 Å². The van der Waals surface area contributed by atoms with E-state index in [1.165, 1.54) is 25.7 Å². The molecule has 0 spiro atoms. The summed E-state index contributed by atoms with van der Waals surface area (Å²) in [5.74, 6) is 2.39. The minimum Gasteiger partial charge on any atom is -0.335 e. The first-order valence-electron chi connectivity index (χ1n) is 8.02. The molecule has 0 aromatic heterocycles. The van der Waals surface area contributed by atoms with E-state index in [2.05, 4.69) is 17.6 Å². The van der Waals surface area contributed by atoms with Crippen LogP contribution in [0, 0.1) is 17.8 Å². The normalized spacial score (nSPS) is 28.4. The Morgan fingerprint density at radius 1 is 1.38 bits per heavy atom. The van der Waals surface area contributed by atoms with Crippen molar-refractivity contribution in [1.29, 1.82) is 0 Å². The third-order valence-corrected chi connectivity index (χ3v) is 5.21. The number of anilines is 1. The van der Waals surface area contributed by atoms with Gasteiger partial charge in [-0.2, -0.15) is 0 Å². The van der Waals surface area contributed by atoms with Gasteiger partial charge in [-0.25, -0.2) is 4.79 Å². The average Bonchev–Trinajstić information content (AvgIpc) is 3.10. The lowest BCUT2D eigenvalue weighted by Crippen LogP contribution is -2.42. The van der Waals surface area contributed by atoms with E-state index < -0.39 is 0 Å². The van der Waals surface area contributed by atoms with Crippen molar-refractivity contribution in [2.75, 3.05) is 5.32 Å². The van der Waals surface area contributed by atoms with Gasteiger partial charge in [0.2, 0.25) is 0 Å². The number of carbonyl (C=O) groups excluding carboxylic acids is 1. The molecule has 2 saturated carbocycles. The first kappa shape index (κ1) is 14.4. The SMILES string of the molecule is CC(NC(=O)Nc1cccc(CN)c1)C1CC2CCC1C2. The van der Waals surface area contributed by atoms with Crippen molar-refractivity contribution in [1.82, 2.24) is 5.32 Å². The fraction of sp³-hybridized carbons (Fsp3) is 0.588. The summed E-state index contributed by atoms with van der Waals surface area (Å²) in [5.41, 5.74) is 7.44. The zero-order valence-electron chi connectivity index (χ0n) is 12.6. The highest BCUT2D eigenvalue weighted by Crippen LogP contribution is 2.49. The number of rotatable bonds is 4. The maximum atomic E-state index is 12.1. The van der Waals surface area contributed by atoms with Crippen molar-refractivity contribution in [2.24, 2.45) is 23.5 Å². The second-order valence-corrected chi connectivity index (χ2v) is 6.63. The topological polar surface area (TPSA) is 67.2 Å². The predicted molar refractivity (Wildman–Crippen MR) is 84.9 cm³/mol. The van der Waals surface area contributed by atoms with Crippen LogP contribution in [0.4, 0.5) is 10.5 Å². The lowest BCUT2D eigenvalue weighted by Gasteiger charge is -2.28. The highest BCUT2D eigenvalue weighted by atomic mass is 16.2. The summed E-state index contributed by atoms with van der Waals surface area (Å²) >= 11 is 0. The highest BCUT2D eigenvalue weighted by molar-refractivity contribution is 5.89. The number of nitrogens with one attached hydrogen (secondary N) is 2. The number of hydrogen-bond acceptors (Lipinski definition) is 2. The summed E-state index contributed by atoms with van der Waals surface area (Å²) < 4.78 is 0. The van der Waals surface area contributed by atoms with Crippen LogP contribution in [0.3, 0.4) is 0 Å². The highest BCUT2D eigenvalue weighted by Gasteiger charge is 2.42. The van der Waals surface area contributed by atoms with Gasteiger partial charge >= 0.3 is 6.03 Å². The number of hydrogen-bond donors (Lipinski definition) is 3. The van der Waals surface area contributed by atoms with Crippen LogP contribution < -0.4 is 16.4 Å². The lowest BCUT2D eigenvalue weighted by molar-refractivity contribution is 0.230. The van der Waals surface area contributed by atoms with Crippen molar-refractivity contribution >= 4 is 11.7 Å². The maximum Gasteiger partial charge on any atom is 0.319 e. The largest absolute Gasteiger partial charge is 0.335 e. The van der Waals surface area contributed by atoms with E-state index in [4.69, 9.17) is 5.73 Å². The lowest BCUT2D eigenvalue weighted by atomic mass is 9.84. The van der Waals surface area contributed by atoms with Crippen LogP contribution in [0.2, 0.25) is 0 Å². The molecule has 0 saturated heterocycles. The average molecular weight is 287 g/mol. The Morgan fingerprint density at radius 3 is 2.90 bits per heavy atom. The Labute approximate surface area is 126 Å². The second kappa shape index (κ2) is 6.06. The van der Waals surface area contributed by atoms with Crippen LogP contribution in [0.5, 0.6) is 0 Å². The van der Waals surface area contributed by atoms with Gasteiger partial charge in [0, 0.05) is 18.3 Å². The van der Waals surface area contributed by atoms with Gasteiger partial charge in [-0.15, -0.1) is 0 Å². The van der Waals surface area contributed by atoms with E-state index in [1.54, 1.807) is 0 Å². The minimum atomic E-state index is -0.112. The monoisotopic (exact) mass is 287 g/mol. The third kappa shape index (κ3) is 3.21. The van der Waals surface area contributed by atoms with Crippen LogP contribution in [-0.2, 0) is 6.54 Å². The van der Waals surface area contributed by atoms with Crippen molar-refractivity contribution in [3.8, 4) is 0 Å². The zero-order valence-corrected chi connectivity index (χ0v) is 12.6. The van der Waals surface area contributed by atoms with E-state index in [1.807, 2.05) is 24.3 Å². The summed E-state index contributed by atoms with van der Waals surface area (Å²) in [4.78, 5) is 12.1. The number of urea groups is 1. The number of carbonyl (C=O) groups is 1. The first-order valence-corrected chi connectivity index (χ1v) is 8.02. The van der Waals surface area contributed by atoms with Crippen molar-refractivity contribution < 1.29 is 4.79 Å². The van der Waals surface area contributed by atoms with Crippen LogP contribution in [0.1, 0.15) is 38.2 Å².